The molecule has 0 aromatic heterocycles. The van der Waals surface area contributed by atoms with Gasteiger partial charge in [-0.05, 0) is 44.2 Å². The van der Waals surface area contributed by atoms with Gasteiger partial charge in [0, 0.05) is 18.8 Å². The van der Waals surface area contributed by atoms with Crippen LogP contribution in [0.15, 0.2) is 18.2 Å². The summed E-state index contributed by atoms with van der Waals surface area (Å²) in [7, 11) is 0. The molecule has 0 aliphatic heterocycles. The number of hydrogen-bond acceptors (Lipinski definition) is 2. The Morgan fingerprint density at radius 1 is 1.07 bits per heavy atom. The molecule has 0 spiro atoms. The molecule has 0 saturated heterocycles. The Labute approximate surface area is 92.3 Å². The first-order valence-electron chi connectivity index (χ1n) is 5.66. The van der Waals surface area contributed by atoms with Crippen molar-refractivity contribution < 1.29 is 5.11 Å². The molecule has 2 nitrogen and oxygen atoms in total. The van der Waals surface area contributed by atoms with Crippen molar-refractivity contribution in [1.82, 2.24) is 0 Å². The fraction of sp³-hybridized carbons (Fsp3) is 0.538. The van der Waals surface area contributed by atoms with Gasteiger partial charge in [-0.3, -0.25) is 0 Å². The van der Waals surface area contributed by atoms with Gasteiger partial charge in [0.15, 0.2) is 0 Å². The van der Waals surface area contributed by atoms with Gasteiger partial charge in [0.2, 0.25) is 0 Å². The van der Waals surface area contributed by atoms with Crippen molar-refractivity contribution in [2.45, 2.75) is 33.1 Å². The quantitative estimate of drug-likeness (QED) is 0.703. The zero-order chi connectivity index (χ0) is 11.1. The zero-order valence-corrected chi connectivity index (χ0v) is 9.71. The van der Waals surface area contributed by atoms with Crippen LogP contribution in [0.5, 0.6) is 0 Å². The van der Waals surface area contributed by atoms with Crippen LogP contribution < -0.4 is 5.32 Å². The van der Waals surface area contributed by atoms with E-state index in [0.29, 0.717) is 6.61 Å². The molecule has 0 heterocycles. The molecule has 0 atom stereocenters. The predicted octanol–water partition coefficient (Wildman–Crippen LogP) is 2.88. The van der Waals surface area contributed by atoms with E-state index in [0.717, 1.165) is 25.8 Å². The molecule has 2 heteroatoms. The summed E-state index contributed by atoms with van der Waals surface area (Å²) in [5.74, 6) is 0. The van der Waals surface area contributed by atoms with Crippen molar-refractivity contribution in [3.63, 3.8) is 0 Å². The number of benzene rings is 1. The summed E-state index contributed by atoms with van der Waals surface area (Å²) in [4.78, 5) is 0. The van der Waals surface area contributed by atoms with Crippen LogP contribution in [0, 0.1) is 13.8 Å². The topological polar surface area (TPSA) is 32.3 Å². The second-order valence-corrected chi connectivity index (χ2v) is 3.98. The molecule has 15 heavy (non-hydrogen) atoms. The van der Waals surface area contributed by atoms with Crippen LogP contribution in [0.25, 0.3) is 0 Å². The van der Waals surface area contributed by atoms with Gasteiger partial charge >= 0.3 is 0 Å². The average molecular weight is 207 g/mol. The van der Waals surface area contributed by atoms with E-state index in [-0.39, 0.29) is 0 Å². The predicted molar refractivity (Wildman–Crippen MR) is 65.3 cm³/mol. The highest BCUT2D eigenvalue weighted by molar-refractivity contribution is 5.56. The van der Waals surface area contributed by atoms with Crippen molar-refractivity contribution in [3.8, 4) is 0 Å². The number of para-hydroxylation sites is 1. The Kier molecular flexibility index (Phi) is 5.19. The molecule has 0 aliphatic rings. The van der Waals surface area contributed by atoms with E-state index in [1.807, 2.05) is 0 Å². The molecule has 1 aromatic carbocycles. The van der Waals surface area contributed by atoms with Crippen molar-refractivity contribution in [2.24, 2.45) is 0 Å². The minimum atomic E-state index is 0.309. The monoisotopic (exact) mass is 207 g/mol. The molecule has 1 aromatic rings. The number of hydrogen-bond donors (Lipinski definition) is 2. The molecule has 0 fully saturated rings. The van der Waals surface area contributed by atoms with Gasteiger partial charge in [-0.2, -0.15) is 0 Å². The van der Waals surface area contributed by atoms with Crippen LogP contribution in [0.1, 0.15) is 30.4 Å². The normalized spacial score (nSPS) is 10.3. The molecule has 84 valence electrons. The highest BCUT2D eigenvalue weighted by Gasteiger charge is 1.99. The third kappa shape index (κ3) is 3.92. The molecule has 0 unspecified atom stereocenters. The Hall–Kier alpha value is -1.02. The molecule has 0 aliphatic carbocycles. The summed E-state index contributed by atoms with van der Waals surface area (Å²) in [6.07, 6.45) is 3.12. The molecule has 2 N–H and O–H groups in total. The van der Waals surface area contributed by atoms with E-state index in [4.69, 9.17) is 5.11 Å². The molecule has 0 saturated carbocycles. The van der Waals surface area contributed by atoms with Gasteiger partial charge in [0.25, 0.3) is 0 Å². The van der Waals surface area contributed by atoms with Gasteiger partial charge in [-0.25, -0.2) is 0 Å². The van der Waals surface area contributed by atoms with E-state index in [1.54, 1.807) is 0 Å². The Bertz CT molecular complexity index is 276. The number of aliphatic hydroxyl groups is 1. The zero-order valence-electron chi connectivity index (χ0n) is 9.71. The first-order chi connectivity index (χ1) is 7.25. The van der Waals surface area contributed by atoms with Crippen molar-refractivity contribution >= 4 is 5.69 Å². The van der Waals surface area contributed by atoms with E-state index in [2.05, 4.69) is 37.4 Å². The third-order valence-electron chi connectivity index (χ3n) is 2.62. The molecule has 0 radical (unpaired) electrons. The average Bonchev–Trinajstić information content (AvgIpc) is 2.21. The summed E-state index contributed by atoms with van der Waals surface area (Å²) < 4.78 is 0. The number of aliphatic hydroxyl groups excluding tert-OH is 1. The van der Waals surface area contributed by atoms with Crippen LogP contribution in [0.2, 0.25) is 0 Å². The lowest BCUT2D eigenvalue weighted by Crippen LogP contribution is -2.04. The lowest BCUT2D eigenvalue weighted by molar-refractivity contribution is 0.283. The van der Waals surface area contributed by atoms with Crippen LogP contribution in [0.4, 0.5) is 5.69 Å². The second kappa shape index (κ2) is 6.46. The standard InChI is InChI=1S/C13H21NO/c1-11-7-6-8-12(2)13(11)14-9-4-3-5-10-15/h6-8,14-15H,3-5,9-10H2,1-2H3. The largest absolute Gasteiger partial charge is 0.396 e. The molecule has 0 amide bonds. The number of anilines is 1. The lowest BCUT2D eigenvalue weighted by atomic mass is 10.1. The first kappa shape index (κ1) is 12.1. The Balaban J connectivity index is 2.37. The maximum atomic E-state index is 8.65. The van der Waals surface area contributed by atoms with Crippen molar-refractivity contribution in [3.05, 3.63) is 29.3 Å². The van der Waals surface area contributed by atoms with E-state index in [9.17, 15) is 0 Å². The molecule has 1 rings (SSSR count). The van der Waals surface area contributed by atoms with E-state index in [1.165, 1.54) is 16.8 Å². The number of unbranched alkanes of at least 4 members (excludes halogenated alkanes) is 2. The van der Waals surface area contributed by atoms with E-state index >= 15 is 0 Å². The fourth-order valence-corrected chi connectivity index (χ4v) is 1.72. The summed E-state index contributed by atoms with van der Waals surface area (Å²) in [6.45, 7) is 5.56. The fourth-order valence-electron chi connectivity index (χ4n) is 1.72. The molecule has 0 bridgehead atoms. The Morgan fingerprint density at radius 3 is 2.33 bits per heavy atom. The second-order valence-electron chi connectivity index (χ2n) is 3.98. The van der Waals surface area contributed by atoms with Crippen LogP contribution in [0.3, 0.4) is 0 Å². The van der Waals surface area contributed by atoms with Crippen LogP contribution in [-0.4, -0.2) is 18.3 Å². The van der Waals surface area contributed by atoms with Gasteiger partial charge in [-0.1, -0.05) is 18.2 Å². The highest BCUT2D eigenvalue weighted by atomic mass is 16.2. The molecular formula is C13H21NO. The summed E-state index contributed by atoms with van der Waals surface area (Å²) in [6, 6.07) is 6.34. The van der Waals surface area contributed by atoms with Crippen molar-refractivity contribution in [2.75, 3.05) is 18.5 Å². The number of aryl methyl sites for hydroxylation is 2. The summed E-state index contributed by atoms with van der Waals surface area (Å²) in [5.41, 5.74) is 3.87. The van der Waals surface area contributed by atoms with Crippen LogP contribution in [-0.2, 0) is 0 Å². The number of rotatable bonds is 6. The minimum Gasteiger partial charge on any atom is -0.396 e. The molecular weight excluding hydrogens is 186 g/mol. The van der Waals surface area contributed by atoms with E-state index < -0.39 is 0 Å². The maximum Gasteiger partial charge on any atom is 0.0431 e. The summed E-state index contributed by atoms with van der Waals surface area (Å²) in [5, 5.41) is 12.1. The number of nitrogens with one attached hydrogen (secondary N) is 1. The van der Waals surface area contributed by atoms with Crippen molar-refractivity contribution in [1.29, 1.82) is 0 Å². The van der Waals surface area contributed by atoms with Gasteiger partial charge in [0.05, 0.1) is 0 Å². The summed E-state index contributed by atoms with van der Waals surface area (Å²) >= 11 is 0. The van der Waals surface area contributed by atoms with Gasteiger partial charge in [-0.15, -0.1) is 0 Å². The maximum absolute atomic E-state index is 8.65. The van der Waals surface area contributed by atoms with Gasteiger partial charge < -0.3 is 10.4 Å². The van der Waals surface area contributed by atoms with Crippen LogP contribution >= 0.6 is 0 Å². The first-order valence-corrected chi connectivity index (χ1v) is 5.66. The highest BCUT2D eigenvalue weighted by Crippen LogP contribution is 2.19. The van der Waals surface area contributed by atoms with Gasteiger partial charge in [0.1, 0.15) is 0 Å². The third-order valence-corrected chi connectivity index (χ3v) is 2.62. The minimum absolute atomic E-state index is 0.309. The SMILES string of the molecule is Cc1cccc(C)c1NCCCCCO. The smallest absolute Gasteiger partial charge is 0.0431 e. The Morgan fingerprint density at radius 2 is 1.73 bits per heavy atom. The lowest BCUT2D eigenvalue weighted by Gasteiger charge is -2.12.